The molecule has 0 fully saturated rings. The molecule has 0 saturated carbocycles. The van der Waals surface area contributed by atoms with Gasteiger partial charge in [0.15, 0.2) is 0 Å². The predicted octanol–water partition coefficient (Wildman–Crippen LogP) is 8.60. The minimum Gasteiger partial charge on any atom is -0.143 e. The Balaban J connectivity index is 1.82. The fourth-order valence-electron chi connectivity index (χ4n) is 2.89. The Bertz CT molecular complexity index is 807. The van der Waals surface area contributed by atoms with Gasteiger partial charge < -0.3 is 0 Å². The van der Waals surface area contributed by atoms with Gasteiger partial charge >= 0.3 is 0 Å². The van der Waals surface area contributed by atoms with Crippen molar-refractivity contribution >= 4 is 45.6 Å². The van der Waals surface area contributed by atoms with E-state index in [0.29, 0.717) is 0 Å². The predicted molar refractivity (Wildman–Crippen MR) is 113 cm³/mol. The average molecular weight is 395 g/mol. The van der Waals surface area contributed by atoms with Gasteiger partial charge in [-0.1, -0.05) is 37.8 Å². The fourth-order valence-corrected chi connectivity index (χ4v) is 6.68. The number of aryl methyl sites for hydroxylation is 3. The SMILES string of the molecule is CCCCCCc1cc(-c2sc(-c3sccc3C)cc2C)sc1Cl. The van der Waals surface area contributed by atoms with Crippen molar-refractivity contribution in [2.45, 2.75) is 52.9 Å². The summed E-state index contributed by atoms with van der Waals surface area (Å²) in [6, 6.07) is 6.85. The van der Waals surface area contributed by atoms with Crippen molar-refractivity contribution in [1.82, 2.24) is 0 Å². The van der Waals surface area contributed by atoms with Crippen LogP contribution < -0.4 is 0 Å². The number of thiophene rings is 3. The molecule has 0 aliphatic rings. The first-order valence-corrected chi connectivity index (χ1v) is 11.4. The lowest BCUT2D eigenvalue weighted by atomic mass is 10.1. The number of hydrogen-bond acceptors (Lipinski definition) is 3. The van der Waals surface area contributed by atoms with Crippen LogP contribution in [0.15, 0.2) is 23.6 Å². The molecule has 3 aromatic heterocycles. The minimum atomic E-state index is 0.975. The van der Waals surface area contributed by atoms with Gasteiger partial charge in [-0.3, -0.25) is 0 Å². The van der Waals surface area contributed by atoms with Crippen LogP contribution in [0.25, 0.3) is 19.5 Å². The Morgan fingerprint density at radius 1 is 0.917 bits per heavy atom. The van der Waals surface area contributed by atoms with E-state index >= 15 is 0 Å². The Morgan fingerprint density at radius 2 is 1.71 bits per heavy atom. The summed E-state index contributed by atoms with van der Waals surface area (Å²) in [5.41, 5.74) is 4.06. The van der Waals surface area contributed by atoms with Crippen molar-refractivity contribution < 1.29 is 0 Å². The van der Waals surface area contributed by atoms with Crippen LogP contribution in [-0.2, 0) is 6.42 Å². The Morgan fingerprint density at radius 3 is 2.42 bits per heavy atom. The van der Waals surface area contributed by atoms with Crippen LogP contribution in [0.1, 0.15) is 49.3 Å². The molecule has 3 aromatic rings. The lowest BCUT2D eigenvalue weighted by Crippen LogP contribution is -1.83. The van der Waals surface area contributed by atoms with Crippen molar-refractivity contribution in [2.24, 2.45) is 0 Å². The summed E-state index contributed by atoms with van der Waals surface area (Å²) in [7, 11) is 0. The van der Waals surface area contributed by atoms with Gasteiger partial charge in [0.25, 0.3) is 0 Å². The second-order valence-electron chi connectivity index (χ2n) is 6.28. The summed E-state index contributed by atoms with van der Waals surface area (Å²) in [6.07, 6.45) is 6.26. The molecule has 0 aliphatic carbocycles. The Labute approximate surface area is 162 Å². The van der Waals surface area contributed by atoms with E-state index in [0.717, 1.165) is 10.8 Å². The van der Waals surface area contributed by atoms with Crippen molar-refractivity contribution in [1.29, 1.82) is 0 Å². The highest BCUT2D eigenvalue weighted by molar-refractivity contribution is 7.27. The van der Waals surface area contributed by atoms with Crippen LogP contribution in [0.3, 0.4) is 0 Å². The zero-order valence-electron chi connectivity index (χ0n) is 14.4. The molecule has 4 heteroatoms. The minimum absolute atomic E-state index is 0.975. The fraction of sp³-hybridized carbons (Fsp3) is 0.400. The van der Waals surface area contributed by atoms with Crippen LogP contribution in [0.4, 0.5) is 0 Å². The van der Waals surface area contributed by atoms with Crippen molar-refractivity contribution in [2.75, 3.05) is 0 Å². The van der Waals surface area contributed by atoms with Crippen molar-refractivity contribution in [3.63, 3.8) is 0 Å². The second kappa shape index (κ2) is 8.18. The molecule has 0 radical (unpaired) electrons. The van der Waals surface area contributed by atoms with Crippen LogP contribution in [0, 0.1) is 13.8 Å². The molecule has 0 N–H and O–H groups in total. The molecule has 0 amide bonds. The topological polar surface area (TPSA) is 0 Å². The molecular weight excluding hydrogens is 372 g/mol. The Hall–Kier alpha value is -0.610. The first-order chi connectivity index (χ1) is 11.6. The maximum absolute atomic E-state index is 6.52. The molecule has 0 atom stereocenters. The lowest BCUT2D eigenvalue weighted by molar-refractivity contribution is 0.667. The van der Waals surface area contributed by atoms with E-state index in [1.54, 1.807) is 11.3 Å². The maximum atomic E-state index is 6.52. The first kappa shape index (κ1) is 18.2. The molecule has 24 heavy (non-hydrogen) atoms. The molecular formula is C20H23ClS3. The van der Waals surface area contributed by atoms with Gasteiger partial charge in [-0.15, -0.1) is 34.0 Å². The molecule has 3 rings (SSSR count). The maximum Gasteiger partial charge on any atom is 0.0967 e. The second-order valence-corrected chi connectivity index (χ2v) is 9.90. The molecule has 0 unspecified atom stereocenters. The molecule has 0 saturated heterocycles. The van der Waals surface area contributed by atoms with Gasteiger partial charge in [0.05, 0.1) is 4.34 Å². The van der Waals surface area contributed by atoms with Gasteiger partial charge in [-0.2, -0.15) is 0 Å². The highest BCUT2D eigenvalue weighted by atomic mass is 35.5. The number of hydrogen-bond donors (Lipinski definition) is 0. The number of unbranched alkanes of at least 4 members (excludes halogenated alkanes) is 3. The molecule has 128 valence electrons. The number of rotatable bonds is 7. The highest BCUT2D eigenvalue weighted by Crippen LogP contribution is 2.45. The van der Waals surface area contributed by atoms with Gasteiger partial charge in [-0.05, 0) is 67.0 Å². The molecule has 0 aromatic carbocycles. The van der Waals surface area contributed by atoms with Crippen molar-refractivity contribution in [3.05, 3.63) is 44.6 Å². The van der Waals surface area contributed by atoms with Crippen LogP contribution in [0.2, 0.25) is 4.34 Å². The van der Waals surface area contributed by atoms with Gasteiger partial charge in [0.2, 0.25) is 0 Å². The van der Waals surface area contributed by atoms with Gasteiger partial charge in [-0.25, -0.2) is 0 Å². The summed E-state index contributed by atoms with van der Waals surface area (Å²) < 4.78 is 0.975. The summed E-state index contributed by atoms with van der Waals surface area (Å²) >= 11 is 12.0. The number of halogens is 1. The van der Waals surface area contributed by atoms with E-state index in [9.17, 15) is 0 Å². The third-order valence-corrected chi connectivity index (χ3v) is 8.34. The van der Waals surface area contributed by atoms with E-state index in [1.165, 1.54) is 61.9 Å². The van der Waals surface area contributed by atoms with E-state index < -0.39 is 0 Å². The van der Waals surface area contributed by atoms with Gasteiger partial charge in [0, 0.05) is 19.5 Å². The van der Waals surface area contributed by atoms with E-state index in [4.69, 9.17) is 11.6 Å². The highest BCUT2D eigenvalue weighted by Gasteiger charge is 2.15. The van der Waals surface area contributed by atoms with E-state index in [2.05, 4.69) is 44.4 Å². The normalized spacial score (nSPS) is 11.3. The summed E-state index contributed by atoms with van der Waals surface area (Å²) in [5, 5.41) is 2.18. The van der Waals surface area contributed by atoms with E-state index in [1.807, 2.05) is 22.7 Å². The third-order valence-electron chi connectivity index (χ3n) is 4.28. The zero-order chi connectivity index (χ0) is 17.1. The van der Waals surface area contributed by atoms with E-state index in [-0.39, 0.29) is 0 Å². The molecule has 0 nitrogen and oxygen atoms in total. The molecule has 0 spiro atoms. The third kappa shape index (κ3) is 3.96. The lowest BCUT2D eigenvalue weighted by Gasteiger charge is -1.98. The molecule has 3 heterocycles. The average Bonchev–Trinajstić information content (AvgIpc) is 3.23. The van der Waals surface area contributed by atoms with Crippen LogP contribution in [0.5, 0.6) is 0 Å². The monoisotopic (exact) mass is 394 g/mol. The molecule has 0 bridgehead atoms. The van der Waals surface area contributed by atoms with Crippen LogP contribution in [-0.4, -0.2) is 0 Å². The quantitative estimate of drug-likeness (QED) is 0.352. The summed E-state index contributed by atoms with van der Waals surface area (Å²) in [6.45, 7) is 6.66. The zero-order valence-corrected chi connectivity index (χ0v) is 17.7. The standard InChI is InChI=1S/C20H23ClS3/c1-4-5-6-7-8-15-12-17(24-20(15)21)19-14(3)11-16(23-19)18-13(2)9-10-22-18/h9-12H,4-8H2,1-3H3. The van der Waals surface area contributed by atoms with Gasteiger partial charge in [0.1, 0.15) is 0 Å². The molecule has 0 aliphatic heterocycles. The Kier molecular flexibility index (Phi) is 6.20. The van der Waals surface area contributed by atoms with Crippen molar-refractivity contribution in [3.8, 4) is 19.5 Å². The smallest absolute Gasteiger partial charge is 0.0967 e. The van der Waals surface area contributed by atoms with Crippen LogP contribution >= 0.6 is 45.6 Å². The summed E-state index contributed by atoms with van der Waals surface area (Å²) in [5.74, 6) is 0. The largest absolute Gasteiger partial charge is 0.143 e. The first-order valence-electron chi connectivity index (χ1n) is 8.53. The summed E-state index contributed by atoms with van der Waals surface area (Å²) in [4.78, 5) is 5.48.